The highest BCUT2D eigenvalue weighted by Crippen LogP contribution is 2.12. The van der Waals surface area contributed by atoms with Crippen LogP contribution in [0.4, 0.5) is 0 Å². The number of hydrogen-bond donors (Lipinski definition) is 0. The first-order chi connectivity index (χ1) is 8.97. The first-order valence-corrected chi connectivity index (χ1v) is 6.99. The van der Waals surface area contributed by atoms with E-state index >= 15 is 0 Å². The lowest BCUT2D eigenvalue weighted by atomic mass is 10.1. The van der Waals surface area contributed by atoms with Gasteiger partial charge in [0.05, 0.1) is 13.7 Å². The van der Waals surface area contributed by atoms with E-state index in [-0.39, 0.29) is 24.5 Å². The summed E-state index contributed by atoms with van der Waals surface area (Å²) in [6, 6.07) is -0.311. The molecule has 0 aromatic rings. The van der Waals surface area contributed by atoms with Gasteiger partial charge in [0.25, 0.3) is 0 Å². The minimum absolute atomic E-state index is 0.0128. The van der Waals surface area contributed by atoms with E-state index in [0.717, 1.165) is 32.2 Å². The van der Waals surface area contributed by atoms with Gasteiger partial charge in [-0.05, 0) is 19.4 Å². The third-order valence-corrected chi connectivity index (χ3v) is 3.09. The Balaban J connectivity index is 4.82. The highest BCUT2D eigenvalue weighted by atomic mass is 16.5. The molecule has 0 radical (unpaired) electrons. The lowest BCUT2D eigenvalue weighted by Gasteiger charge is -2.29. The van der Waals surface area contributed by atoms with E-state index in [0.29, 0.717) is 0 Å². The number of carbonyl (C=O) groups excluding carboxylic acids is 2. The predicted octanol–water partition coefficient (Wildman–Crippen LogP) is 1.52. The van der Waals surface area contributed by atoms with Gasteiger partial charge in [-0.15, -0.1) is 0 Å². The molecular formula is C14H28N2O3. The highest BCUT2D eigenvalue weighted by Gasteiger charge is 2.27. The molecule has 0 rings (SSSR count). The van der Waals surface area contributed by atoms with Crippen LogP contribution in [0.15, 0.2) is 0 Å². The van der Waals surface area contributed by atoms with Crippen molar-refractivity contribution in [2.45, 2.75) is 45.6 Å². The molecule has 0 aliphatic carbocycles. The Bertz CT molecular complexity index is 280. The molecule has 0 N–H and O–H groups in total. The van der Waals surface area contributed by atoms with Crippen LogP contribution in [0.25, 0.3) is 0 Å². The number of nitrogens with zero attached hydrogens (tertiary/aromatic N) is 2. The average molecular weight is 272 g/mol. The summed E-state index contributed by atoms with van der Waals surface area (Å²) in [4.78, 5) is 27.2. The van der Waals surface area contributed by atoms with E-state index in [9.17, 15) is 9.59 Å². The van der Waals surface area contributed by atoms with Gasteiger partial charge in [0.2, 0.25) is 5.91 Å². The molecule has 19 heavy (non-hydrogen) atoms. The van der Waals surface area contributed by atoms with Gasteiger partial charge >= 0.3 is 5.97 Å². The third-order valence-electron chi connectivity index (χ3n) is 3.09. The molecule has 0 saturated carbocycles. The monoisotopic (exact) mass is 272 g/mol. The van der Waals surface area contributed by atoms with Gasteiger partial charge in [-0.2, -0.15) is 0 Å². The molecule has 0 aromatic heterocycles. The largest absolute Gasteiger partial charge is 0.468 e. The standard InChI is InChI=1S/C14H28N2O3/c1-6-8-9-12(14(18)19-5)16(10-7-2)11-13(17)15(3)4/h12H,6-11H2,1-5H3. The molecule has 1 amide bonds. The van der Waals surface area contributed by atoms with E-state index in [4.69, 9.17) is 4.74 Å². The number of ether oxygens (including phenoxy) is 1. The van der Waals surface area contributed by atoms with Crippen molar-refractivity contribution in [1.29, 1.82) is 0 Å². The molecule has 0 fully saturated rings. The van der Waals surface area contributed by atoms with Crippen molar-refractivity contribution in [2.24, 2.45) is 0 Å². The van der Waals surface area contributed by atoms with E-state index in [1.807, 2.05) is 11.8 Å². The summed E-state index contributed by atoms with van der Waals surface area (Å²) < 4.78 is 4.87. The van der Waals surface area contributed by atoms with Crippen LogP contribution in [0.2, 0.25) is 0 Å². The molecule has 5 nitrogen and oxygen atoms in total. The molecule has 1 unspecified atom stereocenters. The van der Waals surface area contributed by atoms with Crippen LogP contribution < -0.4 is 0 Å². The fourth-order valence-corrected chi connectivity index (χ4v) is 1.93. The van der Waals surface area contributed by atoms with Crippen molar-refractivity contribution >= 4 is 11.9 Å². The minimum Gasteiger partial charge on any atom is -0.468 e. The number of unbranched alkanes of at least 4 members (excludes halogenated alkanes) is 1. The third kappa shape index (κ3) is 6.57. The quantitative estimate of drug-likeness (QED) is 0.597. The van der Waals surface area contributed by atoms with Gasteiger partial charge in [0.1, 0.15) is 6.04 Å². The Morgan fingerprint density at radius 2 is 1.79 bits per heavy atom. The molecule has 0 aromatic carbocycles. The van der Waals surface area contributed by atoms with Crippen LogP contribution in [0.5, 0.6) is 0 Å². The van der Waals surface area contributed by atoms with Crippen LogP contribution in [0.3, 0.4) is 0 Å². The summed E-state index contributed by atoms with van der Waals surface area (Å²) in [5.74, 6) is -0.229. The van der Waals surface area contributed by atoms with Crippen LogP contribution in [0, 0.1) is 0 Å². The molecule has 0 aliphatic rings. The Morgan fingerprint density at radius 1 is 1.16 bits per heavy atom. The summed E-state index contributed by atoms with van der Waals surface area (Å²) in [7, 11) is 4.86. The zero-order valence-corrected chi connectivity index (χ0v) is 12.9. The highest BCUT2D eigenvalue weighted by molar-refractivity contribution is 5.80. The normalized spacial score (nSPS) is 12.3. The summed E-state index contributed by atoms with van der Waals surface area (Å²) in [5, 5.41) is 0. The van der Waals surface area contributed by atoms with Gasteiger partial charge < -0.3 is 9.64 Å². The molecule has 0 spiro atoms. The van der Waals surface area contributed by atoms with Crippen molar-refractivity contribution in [3.05, 3.63) is 0 Å². The number of carbonyl (C=O) groups is 2. The van der Waals surface area contributed by atoms with E-state index < -0.39 is 0 Å². The number of esters is 1. The Hall–Kier alpha value is -1.10. The van der Waals surface area contributed by atoms with Crippen molar-refractivity contribution in [3.8, 4) is 0 Å². The van der Waals surface area contributed by atoms with E-state index in [1.54, 1.807) is 19.0 Å². The van der Waals surface area contributed by atoms with Gasteiger partial charge in [-0.1, -0.05) is 26.7 Å². The zero-order chi connectivity index (χ0) is 14.8. The maximum absolute atomic E-state index is 11.9. The number of likely N-dealkylation sites (N-methyl/N-ethyl adjacent to an activating group) is 1. The second-order valence-corrected chi connectivity index (χ2v) is 4.94. The molecule has 112 valence electrons. The number of methoxy groups -OCH3 is 1. The molecule has 0 aliphatic heterocycles. The fraction of sp³-hybridized carbons (Fsp3) is 0.857. The molecule has 0 heterocycles. The Labute approximate surface area is 116 Å². The number of rotatable bonds is 9. The molecule has 1 atom stereocenters. The Morgan fingerprint density at radius 3 is 2.21 bits per heavy atom. The van der Waals surface area contributed by atoms with E-state index in [2.05, 4.69) is 6.92 Å². The van der Waals surface area contributed by atoms with Crippen LogP contribution >= 0.6 is 0 Å². The van der Waals surface area contributed by atoms with Crippen LogP contribution in [-0.2, 0) is 14.3 Å². The zero-order valence-electron chi connectivity index (χ0n) is 12.9. The maximum Gasteiger partial charge on any atom is 0.323 e. The van der Waals surface area contributed by atoms with Crippen molar-refractivity contribution in [1.82, 2.24) is 9.80 Å². The minimum atomic E-state index is -0.311. The predicted molar refractivity (Wildman–Crippen MR) is 75.9 cm³/mol. The SMILES string of the molecule is CCCCC(C(=O)OC)N(CCC)CC(=O)N(C)C. The van der Waals surface area contributed by atoms with Crippen LogP contribution in [0.1, 0.15) is 39.5 Å². The van der Waals surface area contributed by atoms with Crippen molar-refractivity contribution < 1.29 is 14.3 Å². The molecule has 0 bridgehead atoms. The second kappa shape index (κ2) is 9.78. The first kappa shape index (κ1) is 17.9. The van der Waals surface area contributed by atoms with Gasteiger partial charge in [0.15, 0.2) is 0 Å². The Kier molecular flexibility index (Phi) is 9.21. The lowest BCUT2D eigenvalue weighted by Crippen LogP contribution is -2.47. The second-order valence-electron chi connectivity index (χ2n) is 4.94. The van der Waals surface area contributed by atoms with Gasteiger partial charge in [0, 0.05) is 14.1 Å². The molecule has 5 heteroatoms. The van der Waals surface area contributed by atoms with Gasteiger partial charge in [-0.25, -0.2) is 0 Å². The van der Waals surface area contributed by atoms with E-state index in [1.165, 1.54) is 7.11 Å². The number of amides is 1. The summed E-state index contributed by atoms with van der Waals surface area (Å²) in [6.45, 7) is 5.12. The lowest BCUT2D eigenvalue weighted by molar-refractivity contribution is -0.148. The van der Waals surface area contributed by atoms with Crippen molar-refractivity contribution in [3.63, 3.8) is 0 Å². The average Bonchev–Trinajstić information content (AvgIpc) is 2.38. The maximum atomic E-state index is 11.9. The van der Waals surface area contributed by atoms with Crippen molar-refractivity contribution in [2.75, 3.05) is 34.3 Å². The fourth-order valence-electron chi connectivity index (χ4n) is 1.93. The summed E-state index contributed by atoms with van der Waals surface area (Å²) in [5.41, 5.74) is 0. The molecule has 0 saturated heterocycles. The van der Waals surface area contributed by atoms with Crippen LogP contribution in [-0.4, -0.2) is 62.0 Å². The topological polar surface area (TPSA) is 49.9 Å². The first-order valence-electron chi connectivity index (χ1n) is 6.99. The van der Waals surface area contributed by atoms with Gasteiger partial charge in [-0.3, -0.25) is 14.5 Å². The number of hydrogen-bond acceptors (Lipinski definition) is 4. The summed E-state index contributed by atoms with van der Waals surface area (Å²) >= 11 is 0. The smallest absolute Gasteiger partial charge is 0.323 e. The molecular weight excluding hydrogens is 244 g/mol. The summed E-state index contributed by atoms with van der Waals surface area (Å²) in [6.07, 6.45) is 3.62.